The Morgan fingerprint density at radius 1 is 0.243 bits per heavy atom. The standard InChI is InChI=1S/C90H171N31O17S2/c1-49(2)42-64(72(124)101-34-20-18-19-31-71(123)121-138)114-75(127)60(29-24-38-105-89(97)98)110-81(133)67(45-52(7)8)120-85(137)70(48-55(13)14)118-79(131)63(33-41-140-17)112-74(126)58(27-22-36-103-87(93)94)109-80(132)65(43-50(3)4)116-76(128)59(28-23-37-104-88(95)96)108-78(130)62(32-40-139-16)113-83(135)66(44-51(5)6)117-77(129)61(30-25-39-106-90(99)100)111-82(134)68(46-53(9)10)119-84(136)69(47-54(11)12)115-73(125)57(107-56(15)122)26-21-35-102-86(91)92/h49-55,57-70,138H,18-48H2,1-17H3,(H,101,124)(H,107,122)(H,108,130)(H,109,132)(H,110,133)(H,111,134)(H,112,126)(H,113,135)(H,114,127)(H,115,125)(H,116,128)(H,117,129)(H,118,131)(H,119,136)(H,120,137)(H,121,123)(H4,91,92,102)(H4,93,94,103)(H4,95,96,104)(H4,97,98,105)(H4,99,100,106)/t57-,58-,59-,60-,61-,62-,63-,64-,65-,66-,67-,68-,69-,70-/m0/s1. The molecule has 0 aromatic carbocycles. The van der Waals surface area contributed by atoms with Crippen LogP contribution in [0.15, 0.2) is 25.0 Å². The van der Waals surface area contributed by atoms with Gasteiger partial charge in [-0.15, -0.1) is 0 Å². The molecule has 16 amide bonds. The van der Waals surface area contributed by atoms with E-state index in [1.54, 1.807) is 73.4 Å². The van der Waals surface area contributed by atoms with Gasteiger partial charge < -0.3 is 137 Å². The maximum Gasteiger partial charge on any atom is 0.243 e. The summed E-state index contributed by atoms with van der Waals surface area (Å²) in [6.07, 6.45) is 5.84. The highest BCUT2D eigenvalue weighted by Gasteiger charge is 2.40. The lowest BCUT2D eigenvalue weighted by Crippen LogP contribution is -2.61. The first-order valence-corrected chi connectivity index (χ1v) is 51.2. The quantitative estimate of drug-likeness (QED) is 0.00953. The summed E-state index contributed by atoms with van der Waals surface area (Å²) in [7, 11) is 0. The number of thioether (sulfide) groups is 2. The third kappa shape index (κ3) is 59.8. The van der Waals surface area contributed by atoms with Gasteiger partial charge in [0.05, 0.1) is 0 Å². The summed E-state index contributed by atoms with van der Waals surface area (Å²) in [5.74, 6) is -14.2. The van der Waals surface area contributed by atoms with Gasteiger partial charge in [0.25, 0.3) is 0 Å². The van der Waals surface area contributed by atoms with Gasteiger partial charge >= 0.3 is 0 Å². The highest BCUT2D eigenvalue weighted by atomic mass is 32.2. The van der Waals surface area contributed by atoms with E-state index in [1.165, 1.54) is 30.4 Å². The second kappa shape index (κ2) is 71.9. The van der Waals surface area contributed by atoms with E-state index >= 15 is 14.4 Å². The van der Waals surface area contributed by atoms with Crippen molar-refractivity contribution in [3.05, 3.63) is 0 Å². The molecule has 48 nitrogen and oxygen atoms in total. The second-order valence-electron chi connectivity index (χ2n) is 37.9. The minimum absolute atomic E-state index is 0.00399. The lowest BCUT2D eigenvalue weighted by Gasteiger charge is -2.29. The smallest absolute Gasteiger partial charge is 0.243 e. The molecule has 0 saturated carbocycles. The Morgan fingerprint density at radius 2 is 0.421 bits per heavy atom. The van der Waals surface area contributed by atoms with Crippen LogP contribution in [-0.4, -0.2) is 277 Å². The van der Waals surface area contributed by atoms with Crippen LogP contribution < -0.4 is 143 Å². The molecule has 800 valence electrons. The van der Waals surface area contributed by atoms with E-state index in [9.17, 15) is 62.3 Å². The SMILES string of the molecule is CSCC[C@H](NC(=O)[C@H](CCCN=C(N)N)NC(=O)[C@H](CC(C)C)NC(=O)[C@H](CCCN=C(N)N)NC(=O)[C@H](CCSC)NC(=O)[C@H](CC(C)C)NC(=O)[C@H](CCCN=C(N)N)NC(=O)[C@H](CC(C)C)NC(=O)[C@H](CC(C)C)NC(=O)[C@H](CCCN=C(N)N)NC(C)=O)C(=O)N[C@@H](CC(C)C)C(=O)N[C@@H](CC(C)C)C(=O)N[C@@H](CCCN=C(N)N)C(=O)N[C@@H](CC(C)C)C(=O)NCCCCCC(=O)NO. The Balaban J connectivity index is 7.73. The van der Waals surface area contributed by atoms with Gasteiger partial charge in [0.15, 0.2) is 29.8 Å². The first-order valence-electron chi connectivity index (χ1n) is 48.4. The molecule has 0 spiro atoms. The fourth-order valence-electron chi connectivity index (χ4n) is 14.6. The van der Waals surface area contributed by atoms with Crippen molar-refractivity contribution in [2.75, 3.05) is 63.3 Å². The summed E-state index contributed by atoms with van der Waals surface area (Å²) < 4.78 is 0. The summed E-state index contributed by atoms with van der Waals surface area (Å²) >= 11 is 2.67. The molecule has 0 saturated heterocycles. The Kier molecular flexibility index (Phi) is 66.0. The molecule has 0 heterocycles. The number of carbonyl (C=O) groups excluding carboxylic acids is 16. The summed E-state index contributed by atoms with van der Waals surface area (Å²) in [5, 5.41) is 50.4. The van der Waals surface area contributed by atoms with Crippen LogP contribution in [0.2, 0.25) is 0 Å². The van der Waals surface area contributed by atoms with Crippen LogP contribution in [0.3, 0.4) is 0 Å². The molecule has 37 N–H and O–H groups in total. The summed E-state index contributed by atoms with van der Waals surface area (Å²) in [4.78, 5) is 249. The monoisotopic (exact) mass is 2020 g/mol. The zero-order valence-electron chi connectivity index (χ0n) is 85.3. The number of hydrogen-bond donors (Lipinski definition) is 27. The van der Waals surface area contributed by atoms with E-state index in [0.29, 0.717) is 19.3 Å². The van der Waals surface area contributed by atoms with E-state index in [2.05, 4.69) is 105 Å². The van der Waals surface area contributed by atoms with E-state index in [0.717, 1.165) is 0 Å². The highest BCUT2D eigenvalue weighted by molar-refractivity contribution is 7.98. The summed E-state index contributed by atoms with van der Waals surface area (Å²) in [6.45, 7) is 26.9. The van der Waals surface area contributed by atoms with Crippen LogP contribution in [0.4, 0.5) is 0 Å². The second-order valence-corrected chi connectivity index (χ2v) is 39.9. The molecule has 0 aliphatic rings. The molecule has 50 heteroatoms. The first-order chi connectivity index (χ1) is 65.7. The number of nitrogens with zero attached hydrogens (tertiary/aromatic N) is 5. The molecule has 0 radical (unpaired) electrons. The molecule has 0 rings (SSSR count). The average molecular weight is 2020 g/mol. The van der Waals surface area contributed by atoms with Gasteiger partial charge in [-0.3, -0.25) is 107 Å². The molecule has 0 aromatic rings. The Hall–Kier alpha value is -11.5. The largest absolute Gasteiger partial charge is 0.370 e. The molecular formula is C90H171N31O17S2. The number of nitrogens with two attached hydrogens (primary N) is 10. The number of hydroxylamine groups is 1. The van der Waals surface area contributed by atoms with Crippen molar-refractivity contribution in [1.82, 2.24) is 85.2 Å². The molecule has 0 bridgehead atoms. The number of unbranched alkanes of at least 4 members (excludes halogenated alkanes) is 2. The Labute approximate surface area is 833 Å². The molecule has 140 heavy (non-hydrogen) atoms. The molecule has 14 atom stereocenters. The Morgan fingerprint density at radius 3 is 0.600 bits per heavy atom. The van der Waals surface area contributed by atoms with Gasteiger partial charge in [0, 0.05) is 52.6 Å². The molecule has 0 aliphatic carbocycles. The number of aliphatic imine (C=N–C) groups is 5. The molecule has 0 fully saturated rings. The third-order valence-corrected chi connectivity index (χ3v) is 22.6. The van der Waals surface area contributed by atoms with E-state index in [4.69, 9.17) is 62.5 Å². The lowest BCUT2D eigenvalue weighted by molar-refractivity contribution is -0.136. The zero-order valence-corrected chi connectivity index (χ0v) is 87.0. The number of hydrogen-bond acceptors (Lipinski definition) is 24. The van der Waals surface area contributed by atoms with Crippen molar-refractivity contribution in [2.24, 2.45) is 124 Å². The maximum atomic E-state index is 15.1. The Bertz CT molecular complexity index is 4010. The van der Waals surface area contributed by atoms with Crippen molar-refractivity contribution in [3.63, 3.8) is 0 Å². The van der Waals surface area contributed by atoms with Gasteiger partial charge in [0.1, 0.15) is 84.6 Å². The van der Waals surface area contributed by atoms with Crippen LogP contribution in [0.1, 0.15) is 252 Å². The summed E-state index contributed by atoms with van der Waals surface area (Å²) in [6, 6.07) is -18.5. The fourth-order valence-corrected chi connectivity index (χ4v) is 15.5. The van der Waals surface area contributed by atoms with Gasteiger partial charge in [0.2, 0.25) is 94.5 Å². The van der Waals surface area contributed by atoms with Crippen molar-refractivity contribution in [1.29, 1.82) is 0 Å². The average Bonchev–Trinajstić information content (AvgIpc) is 0.853. The molecule has 0 unspecified atom stereocenters. The van der Waals surface area contributed by atoms with E-state index < -0.39 is 179 Å². The molecule has 0 aliphatic heterocycles. The van der Waals surface area contributed by atoms with Crippen molar-refractivity contribution >= 4 is 148 Å². The van der Waals surface area contributed by atoms with Gasteiger partial charge in [-0.2, -0.15) is 23.5 Å². The van der Waals surface area contributed by atoms with Gasteiger partial charge in [-0.1, -0.05) is 103 Å². The first kappa shape index (κ1) is 129. The number of guanidine groups is 5. The number of nitrogens with one attached hydrogen (secondary N) is 16. The lowest BCUT2D eigenvalue weighted by atomic mass is 9.99. The summed E-state index contributed by atoms with van der Waals surface area (Å²) in [5.41, 5.74) is 57.9. The zero-order chi connectivity index (χ0) is 106. The van der Waals surface area contributed by atoms with Crippen LogP contribution in [0, 0.1) is 41.4 Å². The van der Waals surface area contributed by atoms with Gasteiger partial charge in [-0.05, 0) is 200 Å². The van der Waals surface area contributed by atoms with Crippen LogP contribution in [0.5, 0.6) is 0 Å². The number of rotatable bonds is 74. The molecule has 0 aromatic heterocycles. The topological polar surface area (TPSA) is 808 Å². The van der Waals surface area contributed by atoms with Crippen molar-refractivity contribution in [3.8, 4) is 0 Å². The minimum Gasteiger partial charge on any atom is -0.370 e. The minimum atomic E-state index is -1.48. The van der Waals surface area contributed by atoms with E-state index in [-0.39, 0.29) is 250 Å². The maximum absolute atomic E-state index is 15.1. The fraction of sp³-hybridized carbons (Fsp3) is 0.767. The van der Waals surface area contributed by atoms with Crippen LogP contribution in [0.25, 0.3) is 0 Å². The van der Waals surface area contributed by atoms with Crippen molar-refractivity contribution in [2.45, 2.75) is 336 Å². The van der Waals surface area contributed by atoms with Gasteiger partial charge in [-0.25, -0.2) is 5.48 Å². The predicted molar refractivity (Wildman–Crippen MR) is 546 cm³/mol. The van der Waals surface area contributed by atoms with Crippen LogP contribution in [-0.2, 0) is 76.7 Å². The molecular weight excluding hydrogens is 1850 g/mol. The predicted octanol–water partition coefficient (Wildman–Crippen LogP) is -2.93. The highest BCUT2D eigenvalue weighted by Crippen LogP contribution is 2.19. The number of amides is 16. The number of carbonyl (C=O) groups is 16. The normalized spacial score (nSPS) is 14.2. The van der Waals surface area contributed by atoms with Crippen LogP contribution >= 0.6 is 23.5 Å². The van der Waals surface area contributed by atoms with E-state index in [1.807, 2.05) is 41.5 Å². The van der Waals surface area contributed by atoms with Crippen molar-refractivity contribution < 1.29 is 81.9 Å². The third-order valence-electron chi connectivity index (χ3n) is 21.3.